The number of carbonyl (C=O) groups is 1. The summed E-state index contributed by atoms with van der Waals surface area (Å²) in [6.07, 6.45) is 3.22. The molecule has 1 amide bonds. The van der Waals surface area contributed by atoms with Gasteiger partial charge in [-0.05, 0) is 19.8 Å². The average molecular weight is 250 g/mol. The number of hydrogen-bond acceptors (Lipinski definition) is 5. The Balaban J connectivity index is 2.02. The first kappa shape index (κ1) is 12.8. The van der Waals surface area contributed by atoms with E-state index in [1.807, 2.05) is 13.0 Å². The molecule has 6 nitrogen and oxygen atoms in total. The van der Waals surface area contributed by atoms with Crippen LogP contribution in [-0.4, -0.2) is 51.6 Å². The molecule has 2 rings (SSSR count). The third-order valence-electron chi connectivity index (χ3n) is 3.03. The van der Waals surface area contributed by atoms with Gasteiger partial charge in [-0.3, -0.25) is 4.79 Å². The quantitative estimate of drug-likeness (QED) is 0.797. The Labute approximate surface area is 106 Å². The predicted octanol–water partition coefficient (Wildman–Crippen LogP) is 0.180. The first-order chi connectivity index (χ1) is 8.70. The molecule has 2 heterocycles. The first-order valence-corrected chi connectivity index (χ1v) is 6.15. The highest BCUT2D eigenvalue weighted by Crippen LogP contribution is 2.15. The minimum atomic E-state index is -0.250. The molecular formula is C12H18N4O2. The number of carbonyl (C=O) groups excluding carboxylic acids is 1. The molecule has 1 unspecified atom stereocenters. The second-order valence-electron chi connectivity index (χ2n) is 4.43. The molecule has 1 fully saturated rings. The van der Waals surface area contributed by atoms with E-state index in [0.29, 0.717) is 12.4 Å². The van der Waals surface area contributed by atoms with Gasteiger partial charge in [-0.15, -0.1) is 0 Å². The van der Waals surface area contributed by atoms with Crippen LogP contribution in [-0.2, 0) is 4.79 Å². The number of aromatic nitrogens is 2. The summed E-state index contributed by atoms with van der Waals surface area (Å²) in [6, 6.07) is 1.57. The third kappa shape index (κ3) is 2.95. The maximum Gasteiger partial charge on any atom is 0.245 e. The molecule has 1 aromatic heterocycles. The smallest absolute Gasteiger partial charge is 0.245 e. The maximum absolute atomic E-state index is 12.1. The van der Waals surface area contributed by atoms with Gasteiger partial charge >= 0.3 is 0 Å². The Morgan fingerprint density at radius 2 is 2.39 bits per heavy atom. The number of rotatable bonds is 4. The first-order valence-electron chi connectivity index (χ1n) is 6.15. The van der Waals surface area contributed by atoms with Gasteiger partial charge in [-0.25, -0.2) is 9.97 Å². The zero-order valence-electron chi connectivity index (χ0n) is 10.5. The zero-order chi connectivity index (χ0) is 13.0. The van der Waals surface area contributed by atoms with E-state index < -0.39 is 0 Å². The van der Waals surface area contributed by atoms with E-state index in [1.165, 1.54) is 6.33 Å². The van der Waals surface area contributed by atoms with Crippen molar-refractivity contribution in [3.05, 3.63) is 18.1 Å². The lowest BCUT2D eigenvalue weighted by Crippen LogP contribution is -2.48. The summed E-state index contributed by atoms with van der Waals surface area (Å²) in [5, 5.41) is 12.0. The summed E-state index contributed by atoms with van der Waals surface area (Å²) in [6.45, 7) is 3.01. The van der Waals surface area contributed by atoms with Crippen molar-refractivity contribution in [3.8, 4) is 0 Å². The Kier molecular flexibility index (Phi) is 4.09. The van der Waals surface area contributed by atoms with Crippen LogP contribution in [0.25, 0.3) is 0 Å². The summed E-state index contributed by atoms with van der Waals surface area (Å²) in [5.74, 6) is 0.707. The van der Waals surface area contributed by atoms with Gasteiger partial charge in [0, 0.05) is 24.8 Å². The molecule has 0 spiro atoms. The van der Waals surface area contributed by atoms with Crippen molar-refractivity contribution >= 4 is 11.7 Å². The van der Waals surface area contributed by atoms with E-state index >= 15 is 0 Å². The third-order valence-corrected chi connectivity index (χ3v) is 3.03. The lowest BCUT2D eigenvalue weighted by Gasteiger charge is -2.32. The number of likely N-dealkylation sites (tertiary alicyclic amines) is 1. The number of aliphatic hydroxyl groups is 1. The number of nitrogens with zero attached hydrogens (tertiary/aromatic N) is 3. The predicted molar refractivity (Wildman–Crippen MR) is 67.1 cm³/mol. The second-order valence-corrected chi connectivity index (χ2v) is 4.43. The van der Waals surface area contributed by atoms with Crippen molar-refractivity contribution in [2.24, 2.45) is 0 Å². The molecule has 18 heavy (non-hydrogen) atoms. The standard InChI is InChI=1S/C12H18N4O2/c1-9-7-11(14-8-13-9)15-10-3-2-4-16(5-6-17)12(10)18/h7-8,10,17H,2-6H2,1H3,(H,13,14,15). The monoisotopic (exact) mass is 250 g/mol. The highest BCUT2D eigenvalue weighted by molar-refractivity contribution is 5.85. The fourth-order valence-electron chi connectivity index (χ4n) is 2.13. The van der Waals surface area contributed by atoms with Gasteiger partial charge in [-0.1, -0.05) is 0 Å². The molecule has 0 aliphatic carbocycles. The van der Waals surface area contributed by atoms with Crippen molar-refractivity contribution in [1.29, 1.82) is 0 Å². The Morgan fingerprint density at radius 1 is 1.56 bits per heavy atom. The number of hydrogen-bond donors (Lipinski definition) is 2. The van der Waals surface area contributed by atoms with Crippen molar-refractivity contribution in [2.45, 2.75) is 25.8 Å². The lowest BCUT2D eigenvalue weighted by atomic mass is 10.0. The normalized spacial score (nSPS) is 20.0. The summed E-state index contributed by atoms with van der Waals surface area (Å²) in [7, 11) is 0. The van der Waals surface area contributed by atoms with E-state index in [2.05, 4.69) is 15.3 Å². The summed E-state index contributed by atoms with van der Waals surface area (Å²) in [4.78, 5) is 21.9. The largest absolute Gasteiger partial charge is 0.395 e. The fraction of sp³-hybridized carbons (Fsp3) is 0.583. The van der Waals surface area contributed by atoms with E-state index in [-0.39, 0.29) is 18.6 Å². The Morgan fingerprint density at radius 3 is 3.11 bits per heavy atom. The van der Waals surface area contributed by atoms with Gasteiger partial charge in [0.15, 0.2) is 0 Å². The van der Waals surface area contributed by atoms with Crippen molar-refractivity contribution in [2.75, 3.05) is 25.0 Å². The summed E-state index contributed by atoms with van der Waals surface area (Å²) >= 11 is 0. The molecule has 98 valence electrons. The van der Waals surface area contributed by atoms with Crippen LogP contribution < -0.4 is 5.32 Å². The fourth-order valence-corrected chi connectivity index (χ4v) is 2.13. The molecule has 1 aliphatic rings. The SMILES string of the molecule is Cc1cc(NC2CCCN(CCO)C2=O)ncn1. The van der Waals surface area contributed by atoms with Gasteiger partial charge in [0.1, 0.15) is 18.2 Å². The molecule has 0 saturated carbocycles. The number of piperidine rings is 1. The van der Waals surface area contributed by atoms with Crippen LogP contribution in [0.15, 0.2) is 12.4 Å². The number of aryl methyl sites for hydroxylation is 1. The number of amides is 1. The van der Waals surface area contributed by atoms with Crippen LogP contribution >= 0.6 is 0 Å². The number of anilines is 1. The molecular weight excluding hydrogens is 232 g/mol. The summed E-state index contributed by atoms with van der Waals surface area (Å²) < 4.78 is 0. The second kappa shape index (κ2) is 5.77. The van der Waals surface area contributed by atoms with Gasteiger partial charge in [0.2, 0.25) is 5.91 Å². The average Bonchev–Trinajstić information content (AvgIpc) is 2.35. The van der Waals surface area contributed by atoms with E-state index in [9.17, 15) is 4.79 Å². The van der Waals surface area contributed by atoms with Crippen LogP contribution in [0.1, 0.15) is 18.5 Å². The van der Waals surface area contributed by atoms with Gasteiger partial charge in [0.25, 0.3) is 0 Å². The molecule has 2 N–H and O–H groups in total. The summed E-state index contributed by atoms with van der Waals surface area (Å²) in [5.41, 5.74) is 0.864. The molecule has 0 bridgehead atoms. The van der Waals surface area contributed by atoms with Crippen molar-refractivity contribution in [3.63, 3.8) is 0 Å². The number of β-amino-alcohol motifs (C(OH)–C–C–N with tert-alkyl or cyclic N) is 1. The Hall–Kier alpha value is -1.69. The van der Waals surface area contributed by atoms with E-state index in [4.69, 9.17) is 5.11 Å². The molecule has 1 aromatic rings. The van der Waals surface area contributed by atoms with Gasteiger partial charge in [-0.2, -0.15) is 0 Å². The topological polar surface area (TPSA) is 78.4 Å². The molecule has 0 radical (unpaired) electrons. The highest BCUT2D eigenvalue weighted by Gasteiger charge is 2.28. The lowest BCUT2D eigenvalue weighted by molar-refractivity contribution is -0.134. The number of nitrogens with one attached hydrogen (secondary N) is 1. The zero-order valence-corrected chi connectivity index (χ0v) is 10.5. The molecule has 1 aliphatic heterocycles. The van der Waals surface area contributed by atoms with Crippen LogP contribution in [0.5, 0.6) is 0 Å². The highest BCUT2D eigenvalue weighted by atomic mass is 16.3. The minimum absolute atomic E-state index is 0.00503. The van der Waals surface area contributed by atoms with Crippen LogP contribution in [0.4, 0.5) is 5.82 Å². The number of aliphatic hydroxyl groups excluding tert-OH is 1. The van der Waals surface area contributed by atoms with Gasteiger partial charge in [0.05, 0.1) is 6.61 Å². The van der Waals surface area contributed by atoms with Crippen LogP contribution in [0.3, 0.4) is 0 Å². The molecule has 0 aromatic carbocycles. The van der Waals surface area contributed by atoms with Crippen molar-refractivity contribution in [1.82, 2.24) is 14.9 Å². The van der Waals surface area contributed by atoms with Crippen molar-refractivity contribution < 1.29 is 9.90 Å². The van der Waals surface area contributed by atoms with E-state index in [1.54, 1.807) is 4.90 Å². The molecule has 1 saturated heterocycles. The minimum Gasteiger partial charge on any atom is -0.395 e. The van der Waals surface area contributed by atoms with Crippen LogP contribution in [0.2, 0.25) is 0 Å². The van der Waals surface area contributed by atoms with Gasteiger partial charge < -0.3 is 15.3 Å². The maximum atomic E-state index is 12.1. The molecule has 1 atom stereocenters. The van der Waals surface area contributed by atoms with Crippen LogP contribution in [0, 0.1) is 6.92 Å². The molecule has 6 heteroatoms. The Bertz CT molecular complexity index is 422. The van der Waals surface area contributed by atoms with E-state index in [0.717, 1.165) is 25.1 Å².